The Bertz CT molecular complexity index is 258. The summed E-state index contributed by atoms with van der Waals surface area (Å²) in [5, 5.41) is 74.7. The summed E-state index contributed by atoms with van der Waals surface area (Å²) in [5.41, 5.74) is -0.946. The molecule has 136 valence electrons. The van der Waals surface area contributed by atoms with Crippen molar-refractivity contribution in [3.63, 3.8) is 0 Å². The van der Waals surface area contributed by atoms with E-state index < -0.39 is 32.5 Å². The Morgan fingerprint density at radius 3 is 1.39 bits per heavy atom. The van der Waals surface area contributed by atoms with E-state index in [4.69, 9.17) is 45.8 Å². The normalized spacial score (nSPS) is 9.74. The number of nitrogens with zero attached hydrogens (tertiary/aromatic N) is 1. The van der Waals surface area contributed by atoms with Gasteiger partial charge in [0.1, 0.15) is 0 Å². The first-order chi connectivity index (χ1) is 10.6. The Morgan fingerprint density at radius 1 is 0.826 bits per heavy atom. The largest absolute Gasteiger partial charge is 0.452 e. The highest BCUT2D eigenvalue weighted by Crippen LogP contribution is 2.17. The van der Waals surface area contributed by atoms with Crippen LogP contribution in [0, 0.1) is 11.3 Å². The quantitative estimate of drug-likeness (QED) is 0.146. The molecule has 0 aliphatic carbocycles. The van der Waals surface area contributed by atoms with Crippen LogP contribution in [-0.4, -0.2) is 67.3 Å². The second-order valence-corrected chi connectivity index (χ2v) is 4.67. The van der Waals surface area contributed by atoms with Crippen LogP contribution in [0.3, 0.4) is 0 Å². The Balaban J connectivity index is -0.000000329. The topological polar surface area (TPSA) is 186 Å². The number of hydrogen-bond donors (Lipinski definition) is 8. The summed E-state index contributed by atoms with van der Waals surface area (Å²) in [4.78, 5) is 0. The number of unbranched alkanes of at least 4 members (excludes halogenated alkanes) is 2. The Morgan fingerprint density at radius 2 is 1.17 bits per heavy atom. The van der Waals surface area contributed by atoms with Crippen LogP contribution in [0.5, 0.6) is 0 Å². The smallest absolute Gasteiger partial charge is 0.427 e. The highest BCUT2D eigenvalue weighted by molar-refractivity contribution is 6.64. The summed E-state index contributed by atoms with van der Waals surface area (Å²) < 4.78 is 0. The van der Waals surface area contributed by atoms with Crippen molar-refractivity contribution in [2.75, 3.05) is 0 Å². The molecule has 23 heavy (non-hydrogen) atoms. The monoisotopic (exact) mass is 337 g/mol. The van der Waals surface area contributed by atoms with Gasteiger partial charge in [0.2, 0.25) is 0 Å². The Labute approximate surface area is 137 Å². The van der Waals surface area contributed by atoms with Crippen LogP contribution in [0.4, 0.5) is 0 Å². The van der Waals surface area contributed by atoms with Gasteiger partial charge in [0.15, 0.2) is 12.6 Å². The zero-order valence-electron chi connectivity index (χ0n) is 13.7. The van der Waals surface area contributed by atoms with E-state index in [0.717, 1.165) is 0 Å². The molecule has 11 heteroatoms. The predicted molar refractivity (Wildman–Crippen MR) is 85.2 cm³/mol. The molecule has 0 saturated carbocycles. The maximum atomic E-state index is 8.71. The van der Waals surface area contributed by atoms with Gasteiger partial charge in [-0.25, -0.2) is 0 Å². The third-order valence-corrected chi connectivity index (χ3v) is 2.57. The molecule has 8 N–H and O–H groups in total. The molecule has 0 bridgehead atoms. The van der Waals surface area contributed by atoms with Crippen molar-refractivity contribution in [1.82, 2.24) is 0 Å². The second kappa shape index (κ2) is 19.3. The Hall–Kier alpha value is -0.700. The minimum Gasteiger partial charge on any atom is -0.427 e. The summed E-state index contributed by atoms with van der Waals surface area (Å²) in [6.07, 6.45) is 0.497. The lowest BCUT2D eigenvalue weighted by atomic mass is 9.51. The molecule has 0 heterocycles. The molecular formula is C12H29B2NO8. The van der Waals surface area contributed by atoms with E-state index in [0.29, 0.717) is 32.1 Å². The lowest BCUT2D eigenvalue weighted by Crippen LogP contribution is -2.33. The van der Waals surface area contributed by atoms with Crippen molar-refractivity contribution in [2.45, 2.75) is 70.7 Å². The van der Waals surface area contributed by atoms with Crippen molar-refractivity contribution >= 4 is 14.2 Å². The maximum absolute atomic E-state index is 8.71. The number of aliphatic hydroxyl groups excluding tert-OH is 2. The lowest BCUT2D eigenvalue weighted by Gasteiger charge is -2.13. The minimum absolute atomic E-state index is 0.289. The molecule has 0 aliphatic heterocycles. The summed E-state index contributed by atoms with van der Waals surface area (Å²) >= 11 is 0. The van der Waals surface area contributed by atoms with E-state index in [9.17, 15) is 0 Å². The first-order valence-electron chi connectivity index (χ1n) is 7.45. The number of rotatable bonds is 8. The predicted octanol–water partition coefficient (Wildman–Crippen LogP) is -1.66. The Kier molecular flexibility index (Phi) is 22.8. The van der Waals surface area contributed by atoms with Gasteiger partial charge in [-0.2, -0.15) is 5.26 Å². The maximum Gasteiger partial charge on any atom is 0.452 e. The fraction of sp³-hybridized carbons (Fsp3) is 0.917. The van der Waals surface area contributed by atoms with Gasteiger partial charge in [-0.05, 0) is 19.3 Å². The van der Waals surface area contributed by atoms with E-state index in [1.165, 1.54) is 0 Å². The molecule has 0 aliphatic rings. The zero-order valence-corrected chi connectivity index (χ0v) is 13.7. The van der Waals surface area contributed by atoms with E-state index in [2.05, 4.69) is 0 Å². The molecular weight excluding hydrogens is 308 g/mol. The van der Waals surface area contributed by atoms with Gasteiger partial charge in [0.25, 0.3) is 0 Å². The second-order valence-electron chi connectivity index (χ2n) is 4.67. The van der Waals surface area contributed by atoms with Gasteiger partial charge in [0, 0.05) is 12.1 Å². The molecule has 0 spiro atoms. The average molecular weight is 337 g/mol. The van der Waals surface area contributed by atoms with Crippen LogP contribution >= 0.6 is 0 Å². The third-order valence-electron chi connectivity index (χ3n) is 2.57. The van der Waals surface area contributed by atoms with E-state index in [-0.39, 0.29) is 6.42 Å². The van der Waals surface area contributed by atoms with Crippen LogP contribution in [0.15, 0.2) is 0 Å². The highest BCUT2D eigenvalue weighted by atomic mass is 16.5. The molecule has 0 unspecified atom stereocenters. The molecule has 0 radical (unpaired) electrons. The molecule has 0 atom stereocenters. The molecule has 0 saturated heterocycles. The van der Waals surface area contributed by atoms with Gasteiger partial charge >= 0.3 is 14.2 Å². The van der Waals surface area contributed by atoms with Gasteiger partial charge in [0.05, 0.1) is 6.07 Å². The minimum atomic E-state index is -1.72. The summed E-state index contributed by atoms with van der Waals surface area (Å²) in [7, 11) is -3.44. The molecule has 9 nitrogen and oxygen atoms in total. The number of hydrogen-bond acceptors (Lipinski definition) is 9. The van der Waals surface area contributed by atoms with Gasteiger partial charge < -0.3 is 40.5 Å². The zero-order chi connectivity index (χ0) is 18.8. The fourth-order valence-electron chi connectivity index (χ4n) is 1.04. The molecule has 0 fully saturated rings. The standard InChI is InChI=1S/C6H13B2NO4.2C3H8O2/c9-5-3-1-2-4-6(7(10)11)8(12)13;2*1-2-3(4)5/h6,10-13H,1-4H2;2*3-5H,2H2,1H3. The van der Waals surface area contributed by atoms with Gasteiger partial charge in [-0.3, -0.25) is 0 Å². The van der Waals surface area contributed by atoms with Crippen LogP contribution < -0.4 is 0 Å². The van der Waals surface area contributed by atoms with Crippen molar-refractivity contribution in [3.8, 4) is 6.07 Å². The molecule has 0 amide bonds. The molecule has 0 rings (SSSR count). The third kappa shape index (κ3) is 26.5. The van der Waals surface area contributed by atoms with Crippen molar-refractivity contribution < 1.29 is 40.5 Å². The molecule has 0 aromatic heterocycles. The SMILES string of the molecule is CCC(O)O.CCC(O)O.N#CCCCCC(B(O)O)B(O)O. The van der Waals surface area contributed by atoms with Gasteiger partial charge in [-0.1, -0.05) is 26.7 Å². The number of aliphatic hydroxyl groups is 4. The van der Waals surface area contributed by atoms with Crippen LogP contribution in [-0.2, 0) is 0 Å². The van der Waals surface area contributed by atoms with Crippen LogP contribution in [0.1, 0.15) is 52.4 Å². The lowest BCUT2D eigenvalue weighted by molar-refractivity contribution is -0.0420. The van der Waals surface area contributed by atoms with Crippen molar-refractivity contribution in [1.29, 1.82) is 5.26 Å². The van der Waals surface area contributed by atoms with Crippen molar-refractivity contribution in [2.24, 2.45) is 0 Å². The fourth-order valence-corrected chi connectivity index (χ4v) is 1.04. The molecule has 0 aromatic rings. The summed E-state index contributed by atoms with van der Waals surface area (Å²) in [6, 6.07) is 1.95. The first kappa shape index (κ1) is 27.2. The molecule has 0 aromatic carbocycles. The average Bonchev–Trinajstić information content (AvgIpc) is 2.47. The first-order valence-corrected chi connectivity index (χ1v) is 7.45. The summed E-state index contributed by atoms with van der Waals surface area (Å²) in [5.74, 6) is 0. The summed E-state index contributed by atoms with van der Waals surface area (Å²) in [6.45, 7) is 3.40. The van der Waals surface area contributed by atoms with Crippen molar-refractivity contribution in [3.05, 3.63) is 0 Å². The highest BCUT2D eigenvalue weighted by Gasteiger charge is 2.33. The number of nitriles is 1. The van der Waals surface area contributed by atoms with Crippen LogP contribution in [0.25, 0.3) is 0 Å². The van der Waals surface area contributed by atoms with E-state index in [1.807, 2.05) is 6.07 Å². The van der Waals surface area contributed by atoms with E-state index in [1.54, 1.807) is 13.8 Å². The van der Waals surface area contributed by atoms with E-state index >= 15 is 0 Å². The van der Waals surface area contributed by atoms with Crippen LogP contribution in [0.2, 0.25) is 5.72 Å². The van der Waals surface area contributed by atoms with Gasteiger partial charge in [-0.15, -0.1) is 0 Å².